The molecule has 0 saturated carbocycles. The quantitative estimate of drug-likeness (QED) is 0.165. The zero-order valence-corrected chi connectivity index (χ0v) is 24.9. The molecule has 0 spiro atoms. The zero-order valence-electron chi connectivity index (χ0n) is 23.4. The van der Waals surface area contributed by atoms with Crippen molar-refractivity contribution in [3.05, 3.63) is 75.3 Å². The predicted molar refractivity (Wildman–Crippen MR) is 158 cm³/mol. The number of nitrogens with zero attached hydrogens (tertiary/aromatic N) is 2. The highest BCUT2D eigenvalue weighted by Gasteiger charge is 2.23. The molecule has 1 heterocycles. The van der Waals surface area contributed by atoms with Crippen LogP contribution in [0.3, 0.4) is 0 Å². The molecule has 0 aliphatic rings. The molecule has 43 heavy (non-hydrogen) atoms. The van der Waals surface area contributed by atoms with E-state index in [4.69, 9.17) is 27.9 Å². The number of hydrogen-bond donors (Lipinski definition) is 3. The Morgan fingerprint density at radius 3 is 2.42 bits per heavy atom. The molecule has 1 aromatic heterocycles. The fraction of sp³-hybridized carbons (Fsp3) is 0.276. The highest BCUT2D eigenvalue weighted by Crippen LogP contribution is 2.37. The molecule has 4 aromatic rings. The molecule has 0 radical (unpaired) electrons. The van der Waals surface area contributed by atoms with E-state index in [1.807, 2.05) is 0 Å². The number of alkyl halides is 2. The maximum Gasteiger partial charge on any atom is 0.272 e. The Morgan fingerprint density at radius 2 is 1.77 bits per heavy atom. The van der Waals surface area contributed by atoms with Crippen molar-refractivity contribution in [2.45, 2.75) is 33.7 Å². The van der Waals surface area contributed by atoms with Crippen LogP contribution in [-0.2, 0) is 18.4 Å². The van der Waals surface area contributed by atoms with E-state index >= 15 is 0 Å². The molecule has 14 heteroatoms. The van der Waals surface area contributed by atoms with Gasteiger partial charge in [0, 0.05) is 36.8 Å². The van der Waals surface area contributed by atoms with E-state index in [-0.39, 0.29) is 51.0 Å². The molecular formula is C29H27Cl2F4N5O3. The van der Waals surface area contributed by atoms with Crippen LogP contribution < -0.4 is 20.7 Å². The number of aryl methyl sites for hydroxylation is 1. The van der Waals surface area contributed by atoms with Crippen LogP contribution in [0.1, 0.15) is 36.7 Å². The molecule has 2 amide bonds. The zero-order chi connectivity index (χ0) is 31.6. The van der Waals surface area contributed by atoms with Crippen molar-refractivity contribution < 1.29 is 31.9 Å². The third-order valence-electron chi connectivity index (χ3n) is 6.30. The van der Waals surface area contributed by atoms with E-state index in [9.17, 15) is 27.2 Å². The number of aromatic nitrogens is 2. The SMILES string of the molecule is Cn1c(Nc2c(Cl)ccc(CNC(=O)C(C)(C)C)c2Cl)nc2cc(C(=O)Nc3ccc(F)c(F)c3)c(OCC(F)F)cc21. The van der Waals surface area contributed by atoms with Crippen molar-refractivity contribution in [1.82, 2.24) is 14.9 Å². The number of benzene rings is 3. The summed E-state index contributed by atoms with van der Waals surface area (Å²) in [6.07, 6.45) is -2.83. The molecule has 4 rings (SSSR count). The van der Waals surface area contributed by atoms with Gasteiger partial charge in [-0.15, -0.1) is 0 Å². The summed E-state index contributed by atoms with van der Waals surface area (Å²) in [4.78, 5) is 29.9. The summed E-state index contributed by atoms with van der Waals surface area (Å²) >= 11 is 13.1. The Balaban J connectivity index is 1.69. The number of hydrogen-bond acceptors (Lipinski definition) is 5. The second-order valence-electron chi connectivity index (χ2n) is 10.6. The lowest BCUT2D eigenvalue weighted by molar-refractivity contribution is -0.128. The Hall–Kier alpha value is -4.03. The molecule has 3 aromatic carbocycles. The number of fused-ring (bicyclic) bond motifs is 1. The van der Waals surface area contributed by atoms with Gasteiger partial charge in [-0.2, -0.15) is 0 Å². The average molecular weight is 640 g/mol. The van der Waals surface area contributed by atoms with Gasteiger partial charge in [0.05, 0.1) is 32.3 Å². The summed E-state index contributed by atoms with van der Waals surface area (Å²) in [7, 11) is 1.63. The lowest BCUT2D eigenvalue weighted by Crippen LogP contribution is -2.34. The van der Waals surface area contributed by atoms with E-state index in [0.717, 1.165) is 18.2 Å². The van der Waals surface area contributed by atoms with Crippen molar-refractivity contribution in [1.29, 1.82) is 0 Å². The molecule has 0 aliphatic carbocycles. The van der Waals surface area contributed by atoms with Crippen LogP contribution in [0.5, 0.6) is 5.75 Å². The van der Waals surface area contributed by atoms with Gasteiger partial charge in [0.15, 0.2) is 11.6 Å². The number of halogens is 6. The van der Waals surface area contributed by atoms with Crippen LogP contribution in [-0.4, -0.2) is 34.4 Å². The van der Waals surface area contributed by atoms with Crippen molar-refractivity contribution >= 4 is 63.4 Å². The smallest absolute Gasteiger partial charge is 0.272 e. The summed E-state index contributed by atoms with van der Waals surface area (Å²) in [6, 6.07) is 8.73. The van der Waals surface area contributed by atoms with Crippen LogP contribution >= 0.6 is 23.2 Å². The second kappa shape index (κ2) is 12.7. The van der Waals surface area contributed by atoms with E-state index in [2.05, 4.69) is 20.9 Å². The predicted octanol–water partition coefficient (Wildman–Crippen LogP) is 7.46. The minimum atomic E-state index is -2.83. The Labute approximate surface area is 254 Å². The fourth-order valence-corrected chi connectivity index (χ4v) is 4.48. The maximum absolute atomic E-state index is 13.7. The molecular weight excluding hydrogens is 613 g/mol. The minimum absolute atomic E-state index is 0.0601. The van der Waals surface area contributed by atoms with Gasteiger partial charge < -0.3 is 25.3 Å². The van der Waals surface area contributed by atoms with Gasteiger partial charge in [-0.25, -0.2) is 22.5 Å². The Morgan fingerprint density at radius 1 is 1.05 bits per heavy atom. The summed E-state index contributed by atoms with van der Waals surface area (Å²) in [5.41, 5.74) is 0.724. The van der Waals surface area contributed by atoms with E-state index < -0.39 is 36.0 Å². The topological polar surface area (TPSA) is 97.3 Å². The first-order chi connectivity index (χ1) is 20.1. The van der Waals surface area contributed by atoms with Crippen LogP contribution in [0.15, 0.2) is 42.5 Å². The van der Waals surface area contributed by atoms with Crippen LogP contribution in [0.4, 0.5) is 34.9 Å². The first-order valence-electron chi connectivity index (χ1n) is 12.9. The number of ether oxygens (including phenoxy) is 1. The van der Waals surface area contributed by atoms with Crippen LogP contribution in [0, 0.1) is 17.0 Å². The summed E-state index contributed by atoms with van der Waals surface area (Å²) < 4.78 is 59.8. The summed E-state index contributed by atoms with van der Waals surface area (Å²) in [5, 5.41) is 8.79. The normalized spacial score (nSPS) is 11.6. The minimum Gasteiger partial charge on any atom is -0.487 e. The van der Waals surface area contributed by atoms with Gasteiger partial charge in [0.1, 0.15) is 12.4 Å². The highest BCUT2D eigenvalue weighted by atomic mass is 35.5. The maximum atomic E-state index is 13.7. The molecule has 0 aliphatic heterocycles. The standard InChI is InChI=1S/C29H27Cl2F4N5O3/c1-29(2,3)27(42)36-12-14-5-7-17(30)25(24(14)31)39-28-38-20-10-16(22(43-13-23(34)35)11-21(20)40(28)4)26(41)37-15-6-8-18(32)19(33)9-15/h5-11,23H,12-13H2,1-4H3,(H,36,42)(H,37,41)(H,38,39). The molecule has 0 unspecified atom stereocenters. The number of carbonyl (C=O) groups excluding carboxylic acids is 2. The number of anilines is 3. The molecule has 0 saturated heterocycles. The average Bonchev–Trinajstić information content (AvgIpc) is 3.24. The lowest BCUT2D eigenvalue weighted by Gasteiger charge is -2.19. The Bertz CT molecular complexity index is 1710. The highest BCUT2D eigenvalue weighted by molar-refractivity contribution is 6.39. The third-order valence-corrected chi connectivity index (χ3v) is 7.04. The molecule has 3 N–H and O–H groups in total. The summed E-state index contributed by atoms with van der Waals surface area (Å²) in [6.45, 7) is 4.50. The molecule has 0 atom stereocenters. The van der Waals surface area contributed by atoms with E-state index in [0.29, 0.717) is 16.8 Å². The van der Waals surface area contributed by atoms with Gasteiger partial charge in [-0.3, -0.25) is 9.59 Å². The number of rotatable bonds is 9. The first kappa shape index (κ1) is 31.9. The van der Waals surface area contributed by atoms with Gasteiger partial charge in [0.25, 0.3) is 12.3 Å². The van der Waals surface area contributed by atoms with Crippen LogP contribution in [0.2, 0.25) is 10.0 Å². The Kier molecular flexibility index (Phi) is 9.41. The van der Waals surface area contributed by atoms with Crippen LogP contribution in [0.25, 0.3) is 11.0 Å². The summed E-state index contributed by atoms with van der Waals surface area (Å²) in [5.74, 6) is -3.23. The fourth-order valence-electron chi connectivity index (χ4n) is 3.95. The second-order valence-corrected chi connectivity index (χ2v) is 11.4. The molecule has 8 nitrogen and oxygen atoms in total. The van der Waals surface area contributed by atoms with E-state index in [1.165, 1.54) is 12.1 Å². The molecule has 0 bridgehead atoms. The largest absolute Gasteiger partial charge is 0.487 e. The van der Waals surface area contributed by atoms with Gasteiger partial charge >= 0.3 is 0 Å². The monoisotopic (exact) mass is 639 g/mol. The van der Waals surface area contributed by atoms with Crippen molar-refractivity contribution in [2.24, 2.45) is 12.5 Å². The number of carbonyl (C=O) groups is 2. The first-order valence-corrected chi connectivity index (χ1v) is 13.6. The lowest BCUT2D eigenvalue weighted by atomic mass is 9.95. The van der Waals surface area contributed by atoms with Gasteiger partial charge in [0.2, 0.25) is 11.9 Å². The van der Waals surface area contributed by atoms with Crippen molar-refractivity contribution in [3.8, 4) is 5.75 Å². The van der Waals surface area contributed by atoms with Gasteiger partial charge in [-0.1, -0.05) is 50.0 Å². The van der Waals surface area contributed by atoms with Crippen molar-refractivity contribution in [3.63, 3.8) is 0 Å². The third kappa shape index (κ3) is 7.31. The van der Waals surface area contributed by atoms with Gasteiger partial charge in [-0.05, 0) is 29.8 Å². The number of imidazole rings is 1. The van der Waals surface area contributed by atoms with E-state index in [1.54, 1.807) is 44.5 Å². The molecule has 0 fully saturated rings. The number of nitrogens with one attached hydrogen (secondary N) is 3. The molecule has 228 valence electrons. The number of amides is 2. The van der Waals surface area contributed by atoms with Crippen molar-refractivity contribution in [2.75, 3.05) is 17.2 Å².